The van der Waals surface area contributed by atoms with E-state index in [1.807, 2.05) is 0 Å². The Bertz CT molecular complexity index is 1870. The van der Waals surface area contributed by atoms with Crippen molar-refractivity contribution >= 4 is 40.8 Å². The van der Waals surface area contributed by atoms with E-state index in [2.05, 4.69) is 33.0 Å². The Hall–Kier alpha value is -1.74. The second-order valence-electron chi connectivity index (χ2n) is 20.8. The molecule has 7 N–H and O–H groups in total. The van der Waals surface area contributed by atoms with Crippen LogP contribution in [0.3, 0.4) is 0 Å². The summed E-state index contributed by atoms with van der Waals surface area (Å²) in [7, 11) is 0. The van der Waals surface area contributed by atoms with Crippen molar-refractivity contribution in [3.8, 4) is 0 Å². The van der Waals surface area contributed by atoms with Crippen LogP contribution in [0.2, 0.25) is 10.0 Å². The minimum absolute atomic E-state index is 0.0528. The number of aliphatic hydroxyl groups is 6. The zero-order valence-corrected chi connectivity index (χ0v) is 38.3. The molecule has 18 heteroatoms. The number of fused-ring (bicyclic) bond motifs is 7. The Balaban J connectivity index is 0.805. The summed E-state index contributed by atoms with van der Waals surface area (Å²) in [4.78, 5) is 27.1. The number of amides is 1. The van der Waals surface area contributed by atoms with Gasteiger partial charge in [-0.3, -0.25) is 10.1 Å². The van der Waals surface area contributed by atoms with E-state index >= 15 is 0 Å². The Morgan fingerprint density at radius 2 is 1.56 bits per heavy atom. The van der Waals surface area contributed by atoms with Gasteiger partial charge in [-0.1, -0.05) is 57.0 Å². The van der Waals surface area contributed by atoms with Gasteiger partial charge in [0.05, 0.1) is 41.2 Å². The average molecular weight is 943 g/mol. The smallest absolute Gasteiger partial charge is 0.411 e. The van der Waals surface area contributed by atoms with Crippen LogP contribution in [0.15, 0.2) is 18.2 Å². The minimum Gasteiger partial charge on any atom is -0.446 e. The molecule has 9 rings (SSSR count). The summed E-state index contributed by atoms with van der Waals surface area (Å²) in [6, 6.07) is 4.60. The first-order chi connectivity index (χ1) is 30.4. The maximum Gasteiger partial charge on any atom is 0.411 e. The van der Waals surface area contributed by atoms with E-state index in [1.54, 1.807) is 6.07 Å². The summed E-state index contributed by atoms with van der Waals surface area (Å²) < 4.78 is 42.6. The fourth-order valence-electron chi connectivity index (χ4n) is 13.9. The third kappa shape index (κ3) is 8.04. The largest absolute Gasteiger partial charge is 0.446 e. The van der Waals surface area contributed by atoms with Gasteiger partial charge in [-0.2, -0.15) is 0 Å². The monoisotopic (exact) mass is 941 g/mol. The van der Waals surface area contributed by atoms with Crippen molar-refractivity contribution in [2.45, 2.75) is 165 Å². The molecule has 2 unspecified atom stereocenters. The number of para-hydroxylation sites is 1. The lowest BCUT2D eigenvalue weighted by molar-refractivity contribution is -0.364. The highest BCUT2D eigenvalue weighted by Crippen LogP contribution is 2.70. The summed E-state index contributed by atoms with van der Waals surface area (Å²) >= 11 is 12.2. The number of Topliss-reactive ketones (excluding diaryl/α,β-unsaturated/α-hetero) is 1. The van der Waals surface area contributed by atoms with E-state index in [9.17, 15) is 40.2 Å². The summed E-state index contributed by atoms with van der Waals surface area (Å²) in [5.74, 6) is 1.69. The SMILES string of the molecule is C[C@@H]1CC[C@@]2(OC1)OC1C[C@H]3[C@@H]4CC[C@H]5C[C@@H](O[C@@H]6O[C@H](CO)[C@@H](O[C@@H]7O[C@H](COC(=O)Nc8c(Cl)cccc8Cl)[C@@H](O)[C@H](O)[C@H]7O)[C@H](O)[C@H]6O)CC[C@]5(C)[C@H]4C(=O)C[C@]3(C)C1[C@@H]2C. The summed E-state index contributed by atoms with van der Waals surface area (Å²) in [6.45, 7) is 8.56. The van der Waals surface area contributed by atoms with Gasteiger partial charge in [0.15, 0.2) is 18.4 Å². The third-order valence-electron chi connectivity index (χ3n) is 17.2. The molecule has 4 aliphatic heterocycles. The number of carbonyl (C=O) groups excluding carboxylic acids is 2. The summed E-state index contributed by atoms with van der Waals surface area (Å²) in [5.41, 5.74) is -0.263. The van der Waals surface area contributed by atoms with Crippen LogP contribution in [0.1, 0.15) is 85.5 Å². The molecule has 358 valence electrons. The second-order valence-corrected chi connectivity index (χ2v) is 21.6. The van der Waals surface area contributed by atoms with Gasteiger partial charge in [0.25, 0.3) is 0 Å². The van der Waals surface area contributed by atoms with Crippen LogP contribution in [0, 0.1) is 52.3 Å². The molecule has 4 aliphatic carbocycles. The maximum atomic E-state index is 14.6. The van der Waals surface area contributed by atoms with Gasteiger partial charge in [-0.05, 0) is 97.5 Å². The van der Waals surface area contributed by atoms with Crippen LogP contribution in [0.25, 0.3) is 0 Å². The van der Waals surface area contributed by atoms with Gasteiger partial charge in [-0.15, -0.1) is 0 Å². The van der Waals surface area contributed by atoms with E-state index in [4.69, 9.17) is 56.4 Å². The number of hydrogen-bond acceptors (Lipinski definition) is 15. The predicted octanol–water partition coefficient (Wildman–Crippen LogP) is 4.18. The standard InChI is InChI=1S/C46H65Cl2NO15/c1-20-10-13-46(59-18-20)21(2)32-29(64-46)15-25-24-9-8-22-14-23(11-12-44(22,3)33(24)28(51)16-45(25,32)4)60-41-39(56)37(54)40(30(17-50)61-41)63-42-38(55)36(53)35(52)31(62-42)19-58-43(57)49-34-26(47)6-5-7-27(34)48/h5-7,20-25,29-33,35-42,50,52-56H,8-19H2,1-4H3,(H,49,57)/t20-,21+,22+,23+,24+,25+,29?,30-,31-,32?,33-,35-,36+,37-,38-,39-,40-,41-,42+,44+,45+,46-/m1/s1. The molecule has 8 aliphatic rings. The zero-order valence-electron chi connectivity index (χ0n) is 36.8. The molecule has 8 fully saturated rings. The molecule has 0 bridgehead atoms. The number of carbonyl (C=O) groups is 2. The molecular formula is C46H65Cl2NO15. The van der Waals surface area contributed by atoms with Crippen molar-refractivity contribution in [2.75, 3.05) is 25.1 Å². The number of aliphatic hydroxyl groups excluding tert-OH is 6. The van der Waals surface area contributed by atoms with Crippen LogP contribution in [0.4, 0.5) is 10.5 Å². The van der Waals surface area contributed by atoms with E-state index in [0.717, 1.165) is 38.5 Å². The van der Waals surface area contributed by atoms with Crippen molar-refractivity contribution in [3.05, 3.63) is 28.2 Å². The van der Waals surface area contributed by atoms with Crippen LogP contribution in [-0.2, 0) is 38.0 Å². The van der Waals surface area contributed by atoms with Gasteiger partial charge < -0.3 is 63.8 Å². The number of anilines is 1. The Labute approximate surface area is 383 Å². The third-order valence-corrected chi connectivity index (χ3v) is 17.9. The van der Waals surface area contributed by atoms with Crippen LogP contribution >= 0.6 is 23.2 Å². The molecule has 1 aromatic carbocycles. The summed E-state index contributed by atoms with van der Waals surface area (Å²) in [6.07, 6.45) is -9.91. The average Bonchev–Trinajstić information content (AvgIpc) is 3.70. The van der Waals surface area contributed by atoms with Crippen LogP contribution in [-0.4, -0.2) is 142 Å². The van der Waals surface area contributed by atoms with Gasteiger partial charge in [-0.25, -0.2) is 4.79 Å². The topological polar surface area (TPSA) is 232 Å². The van der Waals surface area contributed by atoms with Gasteiger partial charge >= 0.3 is 6.09 Å². The highest BCUT2D eigenvalue weighted by atomic mass is 35.5. The van der Waals surface area contributed by atoms with E-state index < -0.39 is 86.5 Å². The number of benzene rings is 1. The number of halogens is 2. The molecular weight excluding hydrogens is 877 g/mol. The van der Waals surface area contributed by atoms with Crippen molar-refractivity contribution in [2.24, 2.45) is 52.3 Å². The highest BCUT2D eigenvalue weighted by Gasteiger charge is 2.71. The predicted molar refractivity (Wildman–Crippen MR) is 228 cm³/mol. The van der Waals surface area contributed by atoms with Crippen molar-refractivity contribution in [1.29, 1.82) is 0 Å². The van der Waals surface area contributed by atoms with E-state index in [1.165, 1.54) is 12.1 Å². The molecule has 1 spiro atoms. The molecule has 0 aromatic heterocycles. The normalized spacial score (nSPS) is 50.0. The molecule has 4 saturated carbocycles. The minimum atomic E-state index is -1.85. The van der Waals surface area contributed by atoms with Gasteiger partial charge in [0.1, 0.15) is 61.2 Å². The van der Waals surface area contributed by atoms with E-state index in [0.29, 0.717) is 43.5 Å². The van der Waals surface area contributed by atoms with Gasteiger partial charge in [0, 0.05) is 24.7 Å². The summed E-state index contributed by atoms with van der Waals surface area (Å²) in [5, 5.41) is 68.0. The van der Waals surface area contributed by atoms with Crippen LogP contribution < -0.4 is 5.32 Å². The first kappa shape index (κ1) is 47.3. The second kappa shape index (κ2) is 18.0. The molecule has 22 atom stereocenters. The fourth-order valence-corrected chi connectivity index (χ4v) is 14.4. The quantitative estimate of drug-likeness (QED) is 0.181. The Kier molecular flexibility index (Phi) is 13.3. The molecule has 4 heterocycles. The van der Waals surface area contributed by atoms with Crippen molar-refractivity contribution < 1.29 is 73.4 Å². The Morgan fingerprint density at radius 1 is 0.859 bits per heavy atom. The number of rotatable bonds is 8. The maximum absolute atomic E-state index is 14.6. The first-order valence-corrected chi connectivity index (χ1v) is 24.0. The molecule has 0 radical (unpaired) electrons. The molecule has 4 saturated heterocycles. The lowest BCUT2D eigenvalue weighted by Crippen LogP contribution is -2.65. The van der Waals surface area contributed by atoms with Crippen molar-refractivity contribution in [1.82, 2.24) is 0 Å². The number of nitrogens with one attached hydrogen (secondary N) is 1. The van der Waals surface area contributed by atoms with Gasteiger partial charge in [0.2, 0.25) is 0 Å². The highest BCUT2D eigenvalue weighted by molar-refractivity contribution is 6.39. The number of hydrogen-bond donors (Lipinski definition) is 7. The lowest BCUT2D eigenvalue weighted by Gasteiger charge is -2.60. The molecule has 16 nitrogen and oxygen atoms in total. The molecule has 64 heavy (non-hydrogen) atoms. The number of ketones is 1. The van der Waals surface area contributed by atoms with E-state index in [-0.39, 0.29) is 68.4 Å². The fraction of sp³-hybridized carbons (Fsp3) is 0.826. The lowest BCUT2D eigenvalue weighted by atomic mass is 9.44. The first-order valence-electron chi connectivity index (χ1n) is 23.2. The molecule has 1 amide bonds. The Morgan fingerprint density at radius 3 is 2.27 bits per heavy atom. The zero-order chi connectivity index (χ0) is 45.6. The van der Waals surface area contributed by atoms with Crippen molar-refractivity contribution in [3.63, 3.8) is 0 Å². The van der Waals surface area contributed by atoms with Crippen LogP contribution in [0.5, 0.6) is 0 Å². The number of ether oxygens (including phenoxy) is 7. The molecule has 1 aromatic rings.